The Morgan fingerprint density at radius 3 is 3.06 bits per heavy atom. The van der Waals surface area contributed by atoms with Crippen LogP contribution < -0.4 is 4.90 Å². The molecule has 2 heterocycles. The molecule has 1 atom stereocenters. The summed E-state index contributed by atoms with van der Waals surface area (Å²) in [6.07, 6.45) is 2.84. The molecule has 1 amide bonds. The van der Waals surface area contributed by atoms with Crippen LogP contribution in [0.25, 0.3) is 0 Å². The predicted octanol–water partition coefficient (Wildman–Crippen LogP) is 1.64. The lowest BCUT2D eigenvalue weighted by atomic mass is 10.2. The number of halogens is 1. The van der Waals surface area contributed by atoms with E-state index in [0.29, 0.717) is 30.3 Å². The Kier molecular flexibility index (Phi) is 3.33. The van der Waals surface area contributed by atoms with Crippen LogP contribution in [-0.2, 0) is 4.79 Å². The second-order valence-corrected chi connectivity index (χ2v) is 4.41. The summed E-state index contributed by atoms with van der Waals surface area (Å²) in [5.74, 6) is 0.811. The van der Waals surface area contributed by atoms with Crippen LogP contribution in [0.3, 0.4) is 0 Å². The van der Waals surface area contributed by atoms with E-state index in [2.05, 4.69) is 20.9 Å². The van der Waals surface area contributed by atoms with Gasteiger partial charge in [-0.3, -0.25) is 14.5 Å². The van der Waals surface area contributed by atoms with Crippen LogP contribution in [-0.4, -0.2) is 29.1 Å². The Bertz CT molecular complexity index is 422. The van der Waals surface area contributed by atoms with E-state index in [1.54, 1.807) is 23.2 Å². The summed E-state index contributed by atoms with van der Waals surface area (Å²) in [4.78, 5) is 28.3. The lowest BCUT2D eigenvalue weighted by Gasteiger charge is -2.16. The van der Waals surface area contributed by atoms with Crippen molar-refractivity contribution in [1.82, 2.24) is 4.98 Å². The Balaban J connectivity index is 2.31. The number of carbonyl (C=O) groups excluding carboxylic acids is 2. The highest BCUT2D eigenvalue weighted by Crippen LogP contribution is 2.26. The fourth-order valence-corrected chi connectivity index (χ4v) is 2.25. The monoisotopic (exact) mass is 282 g/mol. The first kappa shape index (κ1) is 11.3. The average molecular weight is 283 g/mol. The van der Waals surface area contributed by atoms with Crippen molar-refractivity contribution in [2.75, 3.05) is 16.8 Å². The van der Waals surface area contributed by atoms with Crippen LogP contribution in [0.1, 0.15) is 16.8 Å². The average Bonchev–Trinajstić information content (AvgIpc) is 2.70. The summed E-state index contributed by atoms with van der Waals surface area (Å²) in [6.45, 7) is 0.627. The Hall–Kier alpha value is -1.23. The minimum Gasteiger partial charge on any atom is -0.298 e. The number of rotatable bonds is 3. The predicted molar refractivity (Wildman–Crippen MR) is 63.9 cm³/mol. The van der Waals surface area contributed by atoms with Gasteiger partial charge in [0.25, 0.3) is 0 Å². The Morgan fingerprint density at radius 1 is 1.62 bits per heavy atom. The Labute approximate surface area is 102 Å². The van der Waals surface area contributed by atoms with Crippen LogP contribution in [0, 0.1) is 5.92 Å². The maximum atomic E-state index is 11.8. The fraction of sp³-hybridized carbons (Fsp3) is 0.364. The topological polar surface area (TPSA) is 50.3 Å². The quantitative estimate of drug-likeness (QED) is 0.626. The molecule has 1 aliphatic heterocycles. The molecule has 84 valence electrons. The highest BCUT2D eigenvalue weighted by Gasteiger charge is 2.31. The third-order valence-corrected chi connectivity index (χ3v) is 3.54. The molecule has 0 bridgehead atoms. The lowest BCUT2D eigenvalue weighted by molar-refractivity contribution is -0.117. The van der Waals surface area contributed by atoms with Gasteiger partial charge in [0.05, 0.1) is 5.56 Å². The minimum absolute atomic E-state index is 0.0336. The van der Waals surface area contributed by atoms with Gasteiger partial charge in [-0.25, -0.2) is 4.98 Å². The van der Waals surface area contributed by atoms with E-state index < -0.39 is 0 Å². The van der Waals surface area contributed by atoms with Gasteiger partial charge in [0, 0.05) is 24.5 Å². The highest BCUT2D eigenvalue weighted by atomic mass is 79.9. The standard InChI is InChI=1S/C11H11BrN2O2/c12-5-8-4-10(16)14(6-8)11-9(7-15)2-1-3-13-11/h1-3,7-8H,4-6H2. The van der Waals surface area contributed by atoms with Crippen LogP contribution >= 0.6 is 15.9 Å². The smallest absolute Gasteiger partial charge is 0.228 e. The summed E-state index contributed by atoms with van der Waals surface area (Å²) in [5, 5.41) is 0.790. The van der Waals surface area contributed by atoms with E-state index in [-0.39, 0.29) is 5.91 Å². The van der Waals surface area contributed by atoms with Crippen molar-refractivity contribution in [2.45, 2.75) is 6.42 Å². The number of aldehydes is 1. The van der Waals surface area contributed by atoms with E-state index in [1.807, 2.05) is 0 Å². The van der Waals surface area contributed by atoms with E-state index in [0.717, 1.165) is 11.6 Å². The first-order valence-electron chi connectivity index (χ1n) is 5.02. The molecule has 0 aliphatic carbocycles. The second kappa shape index (κ2) is 4.74. The highest BCUT2D eigenvalue weighted by molar-refractivity contribution is 9.09. The number of hydrogen-bond acceptors (Lipinski definition) is 3. The molecule has 0 radical (unpaired) electrons. The number of amides is 1. The SMILES string of the molecule is O=Cc1cccnc1N1CC(CBr)CC1=O. The maximum absolute atomic E-state index is 11.8. The number of nitrogens with zero attached hydrogens (tertiary/aromatic N) is 2. The van der Waals surface area contributed by atoms with Gasteiger partial charge in [-0.05, 0) is 18.1 Å². The molecule has 4 nitrogen and oxygen atoms in total. The normalized spacial score (nSPS) is 20.2. The van der Waals surface area contributed by atoms with Gasteiger partial charge < -0.3 is 0 Å². The number of pyridine rings is 1. The molecule has 2 rings (SSSR count). The molecule has 1 aromatic rings. The summed E-state index contributed by atoms with van der Waals surface area (Å²) in [5.41, 5.74) is 0.464. The molecule has 1 aliphatic rings. The van der Waals surface area contributed by atoms with Crippen molar-refractivity contribution in [3.05, 3.63) is 23.9 Å². The lowest BCUT2D eigenvalue weighted by Crippen LogP contribution is -2.26. The van der Waals surface area contributed by atoms with Gasteiger partial charge in [0.2, 0.25) is 5.91 Å². The van der Waals surface area contributed by atoms with Crippen LogP contribution in [0.5, 0.6) is 0 Å². The van der Waals surface area contributed by atoms with Crippen molar-refractivity contribution in [3.63, 3.8) is 0 Å². The van der Waals surface area contributed by atoms with Crippen molar-refractivity contribution < 1.29 is 9.59 Å². The molecule has 5 heteroatoms. The van der Waals surface area contributed by atoms with Gasteiger partial charge in [-0.2, -0.15) is 0 Å². The van der Waals surface area contributed by atoms with Gasteiger partial charge in [0.1, 0.15) is 5.82 Å². The second-order valence-electron chi connectivity index (χ2n) is 3.76. The van der Waals surface area contributed by atoms with Crippen LogP contribution in [0.2, 0.25) is 0 Å². The number of hydrogen-bond donors (Lipinski definition) is 0. The number of carbonyl (C=O) groups is 2. The van der Waals surface area contributed by atoms with E-state index in [1.165, 1.54) is 0 Å². The zero-order valence-corrected chi connectivity index (χ0v) is 10.2. The fourth-order valence-electron chi connectivity index (χ4n) is 1.82. The van der Waals surface area contributed by atoms with Crippen molar-refractivity contribution in [3.8, 4) is 0 Å². The van der Waals surface area contributed by atoms with Crippen LogP contribution in [0.15, 0.2) is 18.3 Å². The van der Waals surface area contributed by atoms with Gasteiger partial charge in [-0.1, -0.05) is 15.9 Å². The van der Waals surface area contributed by atoms with Gasteiger partial charge in [-0.15, -0.1) is 0 Å². The van der Waals surface area contributed by atoms with Gasteiger partial charge >= 0.3 is 0 Å². The first-order chi connectivity index (χ1) is 7.76. The Morgan fingerprint density at radius 2 is 2.44 bits per heavy atom. The number of alkyl halides is 1. The number of anilines is 1. The summed E-state index contributed by atoms with van der Waals surface area (Å²) in [6, 6.07) is 3.36. The summed E-state index contributed by atoms with van der Waals surface area (Å²) in [7, 11) is 0. The molecule has 1 aromatic heterocycles. The van der Waals surface area contributed by atoms with E-state index in [9.17, 15) is 9.59 Å². The van der Waals surface area contributed by atoms with E-state index in [4.69, 9.17) is 0 Å². The minimum atomic E-state index is 0.0336. The first-order valence-corrected chi connectivity index (χ1v) is 6.15. The molecular weight excluding hydrogens is 272 g/mol. The van der Waals surface area contributed by atoms with Crippen molar-refractivity contribution in [1.29, 1.82) is 0 Å². The summed E-state index contributed by atoms with van der Waals surface area (Å²) < 4.78 is 0. The van der Waals surface area contributed by atoms with Crippen molar-refractivity contribution in [2.24, 2.45) is 5.92 Å². The third kappa shape index (κ3) is 2.00. The molecule has 1 fully saturated rings. The molecule has 1 unspecified atom stereocenters. The molecule has 0 N–H and O–H groups in total. The number of aromatic nitrogens is 1. The molecule has 1 saturated heterocycles. The molecule has 0 spiro atoms. The van der Waals surface area contributed by atoms with Crippen LogP contribution in [0.4, 0.5) is 5.82 Å². The van der Waals surface area contributed by atoms with E-state index >= 15 is 0 Å². The maximum Gasteiger partial charge on any atom is 0.228 e. The third-order valence-electron chi connectivity index (χ3n) is 2.62. The van der Waals surface area contributed by atoms with Gasteiger partial charge in [0.15, 0.2) is 6.29 Å². The molecule has 0 aromatic carbocycles. The molecule has 16 heavy (non-hydrogen) atoms. The largest absolute Gasteiger partial charge is 0.298 e. The zero-order valence-electron chi connectivity index (χ0n) is 8.60. The molecular formula is C11H11BrN2O2. The molecule has 0 saturated carbocycles. The van der Waals surface area contributed by atoms with Crippen molar-refractivity contribution >= 4 is 33.9 Å². The zero-order chi connectivity index (χ0) is 11.5. The summed E-state index contributed by atoms with van der Waals surface area (Å²) >= 11 is 3.37.